The van der Waals surface area contributed by atoms with Crippen molar-refractivity contribution in [3.05, 3.63) is 0 Å². The Hall–Kier alpha value is -0.650. The van der Waals surface area contributed by atoms with Crippen LogP contribution in [0.25, 0.3) is 0 Å². The molecule has 0 bridgehead atoms. The highest BCUT2D eigenvalue weighted by atomic mass is 16.5. The first-order valence-electron chi connectivity index (χ1n) is 4.38. The largest absolute Gasteiger partial charge is 0.394 e. The summed E-state index contributed by atoms with van der Waals surface area (Å²) in [4.78, 5) is 12.7. The number of hydrogen-bond donors (Lipinski definition) is 2. The van der Waals surface area contributed by atoms with Gasteiger partial charge in [0, 0.05) is 13.0 Å². The van der Waals surface area contributed by atoms with Gasteiger partial charge in [-0.2, -0.15) is 0 Å². The van der Waals surface area contributed by atoms with Gasteiger partial charge in [-0.15, -0.1) is 0 Å². The number of ether oxygens (including phenoxy) is 1. The van der Waals surface area contributed by atoms with Crippen LogP contribution in [0.3, 0.4) is 0 Å². The summed E-state index contributed by atoms with van der Waals surface area (Å²) in [7, 11) is 0. The summed E-state index contributed by atoms with van der Waals surface area (Å²) in [5.74, 6) is 0.0958. The number of rotatable bonds is 5. The topological polar surface area (TPSA) is 70.0 Å². The lowest BCUT2D eigenvalue weighted by Gasteiger charge is -2.16. The molecule has 1 aliphatic heterocycles. The number of likely N-dealkylation sites (tertiary alicyclic amines) is 1. The molecule has 13 heavy (non-hydrogen) atoms. The van der Waals surface area contributed by atoms with Crippen LogP contribution in [0.15, 0.2) is 0 Å². The molecule has 0 saturated carbocycles. The average molecular weight is 189 g/mol. The molecular weight excluding hydrogens is 174 g/mol. The summed E-state index contributed by atoms with van der Waals surface area (Å²) in [6.45, 7) is 0.707. The minimum absolute atomic E-state index is 0.0697. The molecule has 1 rings (SSSR count). The van der Waals surface area contributed by atoms with E-state index in [0.717, 1.165) is 13.0 Å². The Morgan fingerprint density at radius 3 is 2.92 bits per heavy atom. The zero-order chi connectivity index (χ0) is 9.68. The van der Waals surface area contributed by atoms with Crippen LogP contribution < -0.4 is 0 Å². The third-order valence-electron chi connectivity index (χ3n) is 1.94. The normalized spacial score (nSPS) is 19.5. The van der Waals surface area contributed by atoms with Crippen molar-refractivity contribution >= 4 is 5.91 Å². The number of nitrogens with zero attached hydrogens (tertiary/aromatic N) is 1. The van der Waals surface area contributed by atoms with E-state index < -0.39 is 6.10 Å². The molecule has 5 heteroatoms. The van der Waals surface area contributed by atoms with Crippen LogP contribution >= 0.6 is 0 Å². The molecular formula is C8H15NO4. The third kappa shape index (κ3) is 3.30. The van der Waals surface area contributed by atoms with Gasteiger partial charge in [-0.25, -0.2) is 0 Å². The van der Waals surface area contributed by atoms with Crippen molar-refractivity contribution in [2.45, 2.75) is 18.9 Å². The van der Waals surface area contributed by atoms with E-state index in [0.29, 0.717) is 6.42 Å². The average Bonchev–Trinajstić information content (AvgIpc) is 2.52. The molecule has 0 spiro atoms. The smallest absolute Gasteiger partial charge is 0.224 e. The van der Waals surface area contributed by atoms with Crippen molar-refractivity contribution in [1.82, 2.24) is 4.90 Å². The zero-order valence-electron chi connectivity index (χ0n) is 7.48. The van der Waals surface area contributed by atoms with E-state index in [-0.39, 0.29) is 25.9 Å². The van der Waals surface area contributed by atoms with Crippen LogP contribution in [-0.2, 0) is 9.53 Å². The molecule has 1 aliphatic rings. The van der Waals surface area contributed by atoms with Crippen LogP contribution in [0.1, 0.15) is 12.8 Å². The molecule has 0 aromatic heterocycles. The maximum absolute atomic E-state index is 11.1. The molecule has 5 nitrogen and oxygen atoms in total. The SMILES string of the molecule is O=C1CCCN1COCC(O)CO. The lowest BCUT2D eigenvalue weighted by atomic mass is 10.4. The van der Waals surface area contributed by atoms with Crippen molar-refractivity contribution in [3.63, 3.8) is 0 Å². The second kappa shape index (κ2) is 5.16. The fourth-order valence-electron chi connectivity index (χ4n) is 1.19. The summed E-state index contributed by atoms with van der Waals surface area (Å²) in [5, 5.41) is 17.4. The van der Waals surface area contributed by atoms with E-state index in [1.54, 1.807) is 4.90 Å². The highest BCUT2D eigenvalue weighted by molar-refractivity contribution is 5.77. The van der Waals surface area contributed by atoms with Gasteiger partial charge >= 0.3 is 0 Å². The van der Waals surface area contributed by atoms with Crippen molar-refractivity contribution in [2.24, 2.45) is 0 Å². The fraction of sp³-hybridized carbons (Fsp3) is 0.875. The van der Waals surface area contributed by atoms with Gasteiger partial charge in [0.05, 0.1) is 13.2 Å². The molecule has 76 valence electrons. The molecule has 0 radical (unpaired) electrons. The minimum atomic E-state index is -0.849. The molecule has 1 heterocycles. The second-order valence-electron chi connectivity index (χ2n) is 3.10. The molecule has 0 aromatic carbocycles. The lowest BCUT2D eigenvalue weighted by molar-refractivity contribution is -0.133. The van der Waals surface area contributed by atoms with Crippen LogP contribution in [0.5, 0.6) is 0 Å². The van der Waals surface area contributed by atoms with Gasteiger partial charge < -0.3 is 19.8 Å². The Bertz CT molecular complexity index is 174. The van der Waals surface area contributed by atoms with Crippen LogP contribution in [0.4, 0.5) is 0 Å². The van der Waals surface area contributed by atoms with Crippen LogP contribution in [0, 0.1) is 0 Å². The zero-order valence-corrected chi connectivity index (χ0v) is 7.48. The maximum atomic E-state index is 11.1. The summed E-state index contributed by atoms with van der Waals surface area (Å²) < 4.78 is 5.04. The highest BCUT2D eigenvalue weighted by Crippen LogP contribution is 2.08. The molecule has 0 aromatic rings. The Balaban J connectivity index is 2.08. The second-order valence-corrected chi connectivity index (χ2v) is 3.10. The van der Waals surface area contributed by atoms with Crippen molar-refractivity contribution < 1.29 is 19.7 Å². The Kier molecular flexibility index (Phi) is 4.14. The number of amides is 1. The quantitative estimate of drug-likeness (QED) is 0.578. The lowest BCUT2D eigenvalue weighted by Crippen LogP contribution is -2.30. The van der Waals surface area contributed by atoms with Gasteiger partial charge in [-0.3, -0.25) is 4.79 Å². The first kappa shape index (κ1) is 10.4. The van der Waals surface area contributed by atoms with E-state index in [1.807, 2.05) is 0 Å². The monoisotopic (exact) mass is 189 g/mol. The van der Waals surface area contributed by atoms with Gasteiger partial charge in [0.1, 0.15) is 12.8 Å². The van der Waals surface area contributed by atoms with Crippen molar-refractivity contribution in [2.75, 3.05) is 26.5 Å². The fourth-order valence-corrected chi connectivity index (χ4v) is 1.19. The van der Waals surface area contributed by atoms with Crippen LogP contribution in [0.2, 0.25) is 0 Å². The highest BCUT2D eigenvalue weighted by Gasteiger charge is 2.19. The molecule has 0 aliphatic carbocycles. The van der Waals surface area contributed by atoms with E-state index in [4.69, 9.17) is 14.9 Å². The van der Waals surface area contributed by atoms with Crippen molar-refractivity contribution in [1.29, 1.82) is 0 Å². The maximum Gasteiger partial charge on any atom is 0.224 e. The molecule has 1 saturated heterocycles. The van der Waals surface area contributed by atoms with Crippen LogP contribution in [-0.4, -0.2) is 53.6 Å². The number of carbonyl (C=O) groups excluding carboxylic acids is 1. The molecule has 1 fully saturated rings. The van der Waals surface area contributed by atoms with Gasteiger partial charge in [0.2, 0.25) is 5.91 Å². The number of carbonyl (C=O) groups is 1. The molecule has 1 unspecified atom stereocenters. The summed E-state index contributed by atoms with van der Waals surface area (Å²) >= 11 is 0. The molecule has 1 atom stereocenters. The summed E-state index contributed by atoms with van der Waals surface area (Å²) in [6.07, 6.45) is 0.620. The minimum Gasteiger partial charge on any atom is -0.394 e. The predicted octanol–water partition coefficient (Wildman–Crippen LogP) is -1.06. The summed E-state index contributed by atoms with van der Waals surface area (Å²) in [5.41, 5.74) is 0. The van der Waals surface area contributed by atoms with E-state index >= 15 is 0 Å². The van der Waals surface area contributed by atoms with Gasteiger partial charge in [-0.05, 0) is 6.42 Å². The number of aliphatic hydroxyl groups excluding tert-OH is 2. The molecule has 2 N–H and O–H groups in total. The predicted molar refractivity (Wildman–Crippen MR) is 44.9 cm³/mol. The van der Waals surface area contributed by atoms with Crippen molar-refractivity contribution in [3.8, 4) is 0 Å². The Morgan fingerprint density at radius 1 is 1.62 bits per heavy atom. The summed E-state index contributed by atoms with van der Waals surface area (Å²) in [6, 6.07) is 0. The van der Waals surface area contributed by atoms with E-state index in [2.05, 4.69) is 0 Å². The third-order valence-corrected chi connectivity index (χ3v) is 1.94. The first-order valence-corrected chi connectivity index (χ1v) is 4.38. The number of hydrogen-bond acceptors (Lipinski definition) is 4. The Morgan fingerprint density at radius 2 is 2.38 bits per heavy atom. The van der Waals surface area contributed by atoms with E-state index in [9.17, 15) is 4.79 Å². The van der Waals surface area contributed by atoms with Gasteiger partial charge in [0.15, 0.2) is 0 Å². The standard InChI is InChI=1S/C8H15NO4/c10-4-7(11)5-13-6-9-3-1-2-8(9)12/h7,10-11H,1-6H2. The van der Waals surface area contributed by atoms with E-state index in [1.165, 1.54) is 0 Å². The van der Waals surface area contributed by atoms with Gasteiger partial charge in [0.25, 0.3) is 0 Å². The Labute approximate surface area is 76.9 Å². The number of aliphatic hydroxyl groups is 2. The first-order chi connectivity index (χ1) is 6.24. The van der Waals surface area contributed by atoms with Gasteiger partial charge in [-0.1, -0.05) is 0 Å². The molecule has 1 amide bonds.